The molecule has 0 aliphatic rings. The first-order chi connectivity index (χ1) is 9.06. The minimum absolute atomic E-state index is 0.316. The number of rotatable bonds is 4. The Morgan fingerprint density at radius 2 is 2.11 bits per heavy atom. The van der Waals surface area contributed by atoms with Gasteiger partial charge in [0, 0.05) is 22.9 Å². The summed E-state index contributed by atoms with van der Waals surface area (Å²) in [7, 11) is 1.69. The van der Waals surface area contributed by atoms with Crippen LogP contribution in [0.3, 0.4) is 0 Å². The van der Waals surface area contributed by atoms with Gasteiger partial charge in [-0.1, -0.05) is 6.92 Å². The van der Waals surface area contributed by atoms with Crippen molar-refractivity contribution >= 4 is 11.3 Å². The van der Waals surface area contributed by atoms with Gasteiger partial charge < -0.3 is 10.5 Å². The van der Waals surface area contributed by atoms with Gasteiger partial charge in [-0.2, -0.15) is 0 Å². The van der Waals surface area contributed by atoms with E-state index < -0.39 is 0 Å². The summed E-state index contributed by atoms with van der Waals surface area (Å²) in [5.41, 5.74) is 9.04. The third kappa shape index (κ3) is 2.80. The molecule has 4 heteroatoms. The molecule has 0 aliphatic carbocycles. The topological polar surface area (TPSA) is 48.1 Å². The lowest BCUT2D eigenvalue weighted by Gasteiger charge is -2.06. The number of methoxy groups -OCH3 is 1. The molecule has 3 nitrogen and oxygen atoms in total. The number of aryl methyl sites for hydroxylation is 2. The number of thiazole rings is 1. The lowest BCUT2D eigenvalue weighted by molar-refractivity contribution is 0.412. The molecule has 19 heavy (non-hydrogen) atoms. The van der Waals surface area contributed by atoms with Crippen molar-refractivity contribution < 1.29 is 4.74 Å². The number of nitrogens with zero attached hydrogens (tertiary/aromatic N) is 1. The second-order valence-corrected chi connectivity index (χ2v) is 6.01. The summed E-state index contributed by atoms with van der Waals surface area (Å²) in [5, 5.41) is 1.11. The average Bonchev–Trinajstić information content (AvgIpc) is 2.80. The van der Waals surface area contributed by atoms with E-state index in [-0.39, 0.29) is 0 Å². The Morgan fingerprint density at radius 3 is 2.68 bits per heavy atom. The van der Waals surface area contributed by atoms with E-state index in [9.17, 15) is 0 Å². The zero-order valence-electron chi connectivity index (χ0n) is 11.9. The lowest BCUT2D eigenvalue weighted by Crippen LogP contribution is -2.08. The van der Waals surface area contributed by atoms with Crippen molar-refractivity contribution in [3.8, 4) is 17.0 Å². The molecule has 1 atom stereocenters. The summed E-state index contributed by atoms with van der Waals surface area (Å²) in [4.78, 5) is 5.98. The van der Waals surface area contributed by atoms with Gasteiger partial charge in [0.05, 0.1) is 17.8 Å². The Hall–Kier alpha value is -1.39. The van der Waals surface area contributed by atoms with Crippen molar-refractivity contribution in [1.29, 1.82) is 0 Å². The second-order valence-electron chi connectivity index (χ2n) is 4.78. The zero-order valence-corrected chi connectivity index (χ0v) is 12.7. The van der Waals surface area contributed by atoms with Crippen molar-refractivity contribution in [2.45, 2.75) is 26.7 Å². The smallest absolute Gasteiger partial charge is 0.121 e. The third-order valence-corrected chi connectivity index (χ3v) is 4.46. The summed E-state index contributed by atoms with van der Waals surface area (Å²) in [5.74, 6) is 1.23. The van der Waals surface area contributed by atoms with Crippen molar-refractivity contribution in [2.24, 2.45) is 5.73 Å². The molecule has 0 saturated heterocycles. The first-order valence-corrected chi connectivity index (χ1v) is 7.20. The van der Waals surface area contributed by atoms with Crippen molar-refractivity contribution in [1.82, 2.24) is 4.98 Å². The molecule has 0 bridgehead atoms. The van der Waals surface area contributed by atoms with E-state index in [2.05, 4.69) is 26.0 Å². The molecule has 0 fully saturated rings. The number of hydrogen-bond acceptors (Lipinski definition) is 4. The van der Waals surface area contributed by atoms with Gasteiger partial charge in [0.15, 0.2) is 0 Å². The van der Waals surface area contributed by atoms with E-state index in [1.165, 1.54) is 4.88 Å². The fourth-order valence-corrected chi connectivity index (χ4v) is 3.03. The zero-order chi connectivity index (χ0) is 14.0. The first-order valence-electron chi connectivity index (χ1n) is 6.39. The molecule has 1 aromatic heterocycles. The molecule has 0 spiro atoms. The highest BCUT2D eigenvalue weighted by Crippen LogP contribution is 2.32. The molecule has 0 aliphatic heterocycles. The molecule has 2 aromatic rings. The van der Waals surface area contributed by atoms with Crippen LogP contribution in [0.4, 0.5) is 0 Å². The number of benzene rings is 1. The molecule has 102 valence electrons. The normalized spacial score (nSPS) is 12.5. The second kappa shape index (κ2) is 5.72. The van der Waals surface area contributed by atoms with Gasteiger partial charge in [0.25, 0.3) is 0 Å². The molecule has 2 rings (SSSR count). The van der Waals surface area contributed by atoms with E-state index in [1.807, 2.05) is 13.0 Å². The first kappa shape index (κ1) is 14.0. The predicted octanol–water partition coefficient (Wildman–Crippen LogP) is 3.50. The minimum Gasteiger partial charge on any atom is -0.496 e. The van der Waals surface area contributed by atoms with E-state index in [0.29, 0.717) is 12.5 Å². The highest BCUT2D eigenvalue weighted by molar-refractivity contribution is 7.12. The van der Waals surface area contributed by atoms with Crippen LogP contribution in [0.2, 0.25) is 0 Å². The highest BCUT2D eigenvalue weighted by atomic mass is 32.1. The number of nitrogens with two attached hydrogens (primary N) is 1. The molecule has 1 unspecified atom stereocenters. The van der Waals surface area contributed by atoms with Gasteiger partial charge in [0.2, 0.25) is 0 Å². The Morgan fingerprint density at radius 1 is 1.37 bits per heavy atom. The third-order valence-electron chi connectivity index (χ3n) is 3.26. The van der Waals surface area contributed by atoms with Crippen LogP contribution in [0.25, 0.3) is 11.3 Å². The van der Waals surface area contributed by atoms with Gasteiger partial charge >= 0.3 is 0 Å². The van der Waals surface area contributed by atoms with Crippen LogP contribution >= 0.6 is 11.3 Å². The van der Waals surface area contributed by atoms with Crippen molar-refractivity contribution in [3.63, 3.8) is 0 Å². The summed E-state index contributed by atoms with van der Waals surface area (Å²) < 4.78 is 5.29. The molecular formula is C15H20N2OS. The largest absolute Gasteiger partial charge is 0.496 e. The van der Waals surface area contributed by atoms with E-state index >= 15 is 0 Å². The maximum Gasteiger partial charge on any atom is 0.121 e. The fourth-order valence-electron chi connectivity index (χ4n) is 2.02. The molecule has 1 aromatic carbocycles. The quantitative estimate of drug-likeness (QED) is 0.929. The Kier molecular flexibility index (Phi) is 4.22. The molecule has 2 N–H and O–H groups in total. The minimum atomic E-state index is 0.316. The maximum atomic E-state index is 5.71. The van der Waals surface area contributed by atoms with Crippen molar-refractivity contribution in [2.75, 3.05) is 13.7 Å². The van der Waals surface area contributed by atoms with Crippen molar-refractivity contribution in [3.05, 3.63) is 33.6 Å². The van der Waals surface area contributed by atoms with Gasteiger partial charge in [-0.3, -0.25) is 0 Å². The van der Waals surface area contributed by atoms with Gasteiger partial charge in [0.1, 0.15) is 5.75 Å². The van der Waals surface area contributed by atoms with Crippen LogP contribution in [0, 0.1) is 13.8 Å². The molecular weight excluding hydrogens is 256 g/mol. The lowest BCUT2D eigenvalue weighted by atomic mass is 10.1. The summed E-state index contributed by atoms with van der Waals surface area (Å²) >= 11 is 1.74. The van der Waals surface area contributed by atoms with Gasteiger partial charge in [-0.25, -0.2) is 4.98 Å². The SMILES string of the molecule is COc1ccc(-c2nc(C(C)CN)sc2C)cc1C. The van der Waals surface area contributed by atoms with E-state index in [4.69, 9.17) is 15.5 Å². The van der Waals surface area contributed by atoms with Gasteiger partial charge in [-0.05, 0) is 37.6 Å². The Bertz CT molecular complexity index is 578. The molecule has 0 radical (unpaired) electrons. The summed E-state index contributed by atoms with van der Waals surface area (Å²) in [6, 6.07) is 6.18. The summed E-state index contributed by atoms with van der Waals surface area (Å²) in [6.07, 6.45) is 0. The van der Waals surface area contributed by atoms with E-state index in [0.717, 1.165) is 27.6 Å². The molecule has 0 saturated carbocycles. The van der Waals surface area contributed by atoms with Gasteiger partial charge in [-0.15, -0.1) is 11.3 Å². The number of hydrogen-bond donors (Lipinski definition) is 1. The Labute approximate surface area is 118 Å². The van der Waals surface area contributed by atoms with Crippen LogP contribution in [0.5, 0.6) is 5.75 Å². The number of aromatic nitrogens is 1. The summed E-state index contributed by atoms with van der Waals surface area (Å²) in [6.45, 7) is 6.90. The van der Waals surface area contributed by atoms with E-state index in [1.54, 1.807) is 18.4 Å². The molecule has 0 amide bonds. The predicted molar refractivity (Wildman–Crippen MR) is 81.0 cm³/mol. The standard InChI is InChI=1S/C15H20N2OS/c1-9-7-12(5-6-13(9)18-4)14-11(3)19-15(17-14)10(2)8-16/h5-7,10H,8,16H2,1-4H3. The highest BCUT2D eigenvalue weighted by Gasteiger charge is 2.14. The Balaban J connectivity index is 2.41. The maximum absolute atomic E-state index is 5.71. The van der Waals surface area contributed by atoms with Crippen LogP contribution in [0.1, 0.15) is 28.3 Å². The number of ether oxygens (including phenoxy) is 1. The fraction of sp³-hybridized carbons (Fsp3) is 0.400. The van der Waals surface area contributed by atoms with Crippen LogP contribution in [0.15, 0.2) is 18.2 Å². The molecule has 1 heterocycles. The van der Waals surface area contributed by atoms with Crippen LogP contribution < -0.4 is 10.5 Å². The monoisotopic (exact) mass is 276 g/mol. The average molecular weight is 276 g/mol. The van der Waals surface area contributed by atoms with Crippen LogP contribution in [-0.2, 0) is 0 Å². The van der Waals surface area contributed by atoms with Crippen LogP contribution in [-0.4, -0.2) is 18.6 Å².